The Hall–Kier alpha value is -2.87. The van der Waals surface area contributed by atoms with Gasteiger partial charge in [0.2, 0.25) is 0 Å². The van der Waals surface area contributed by atoms with Gasteiger partial charge in [-0.2, -0.15) is 0 Å². The van der Waals surface area contributed by atoms with Gasteiger partial charge in [-0.25, -0.2) is 0 Å². The van der Waals surface area contributed by atoms with Crippen LogP contribution in [0.4, 0.5) is 22.7 Å². The normalized spacial score (nSPS) is 9.96. The van der Waals surface area contributed by atoms with E-state index >= 15 is 0 Å². The molecule has 0 saturated heterocycles. The standard InChI is InChI=1S/C16H18N4O3S/c1-19(2)12-6-4-11(5-7-12)17-16(24)18-14-9-8-13(20(21)22)10-15(14)23-3/h4-10H,1-3H3,(H2,17,18,24). The molecule has 2 N–H and O–H groups in total. The number of nitro groups is 1. The van der Waals surface area contributed by atoms with E-state index in [1.54, 1.807) is 6.07 Å². The van der Waals surface area contributed by atoms with E-state index in [4.69, 9.17) is 17.0 Å². The van der Waals surface area contributed by atoms with Gasteiger partial charge in [-0.3, -0.25) is 10.1 Å². The maximum Gasteiger partial charge on any atom is 0.273 e. The lowest BCUT2D eigenvalue weighted by Gasteiger charge is -2.15. The van der Waals surface area contributed by atoms with Crippen molar-refractivity contribution in [3.63, 3.8) is 0 Å². The monoisotopic (exact) mass is 346 g/mol. The Kier molecular flexibility index (Phi) is 5.54. The molecule has 0 saturated carbocycles. The highest BCUT2D eigenvalue weighted by Crippen LogP contribution is 2.29. The van der Waals surface area contributed by atoms with Crippen molar-refractivity contribution in [1.82, 2.24) is 0 Å². The number of hydrogen-bond donors (Lipinski definition) is 2. The van der Waals surface area contributed by atoms with E-state index in [1.165, 1.54) is 19.2 Å². The fourth-order valence-corrected chi connectivity index (χ4v) is 2.25. The van der Waals surface area contributed by atoms with Crippen LogP contribution in [0, 0.1) is 10.1 Å². The summed E-state index contributed by atoms with van der Waals surface area (Å²) in [7, 11) is 5.38. The number of ether oxygens (including phenoxy) is 1. The highest BCUT2D eigenvalue weighted by atomic mass is 32.1. The zero-order valence-corrected chi connectivity index (χ0v) is 14.4. The Labute approximate surface area is 145 Å². The Balaban J connectivity index is 2.08. The van der Waals surface area contributed by atoms with Crippen LogP contribution in [-0.4, -0.2) is 31.2 Å². The summed E-state index contributed by atoms with van der Waals surface area (Å²) in [6, 6.07) is 12.1. The second kappa shape index (κ2) is 7.60. The summed E-state index contributed by atoms with van der Waals surface area (Å²) in [5.74, 6) is 0.344. The fraction of sp³-hybridized carbons (Fsp3) is 0.188. The van der Waals surface area contributed by atoms with E-state index in [-0.39, 0.29) is 5.69 Å². The molecule has 24 heavy (non-hydrogen) atoms. The lowest BCUT2D eigenvalue weighted by atomic mass is 10.2. The second-order valence-corrected chi connectivity index (χ2v) is 5.57. The molecule has 0 aromatic heterocycles. The van der Waals surface area contributed by atoms with E-state index in [1.807, 2.05) is 43.3 Å². The zero-order valence-electron chi connectivity index (χ0n) is 13.6. The minimum absolute atomic E-state index is 0.0458. The molecule has 0 aliphatic heterocycles. The topological polar surface area (TPSA) is 79.7 Å². The molecule has 7 nitrogen and oxygen atoms in total. The first kappa shape index (κ1) is 17.5. The summed E-state index contributed by atoms with van der Waals surface area (Å²) in [5.41, 5.74) is 2.41. The van der Waals surface area contributed by atoms with Crippen LogP contribution in [0.25, 0.3) is 0 Å². The summed E-state index contributed by atoms with van der Waals surface area (Å²) in [6.07, 6.45) is 0. The number of rotatable bonds is 5. The zero-order chi connectivity index (χ0) is 17.7. The van der Waals surface area contributed by atoms with Crippen LogP contribution in [0.15, 0.2) is 42.5 Å². The molecule has 0 atom stereocenters. The molecule has 0 radical (unpaired) electrons. The fourth-order valence-electron chi connectivity index (χ4n) is 2.02. The van der Waals surface area contributed by atoms with Crippen LogP contribution in [0.2, 0.25) is 0 Å². The summed E-state index contributed by atoms with van der Waals surface area (Å²) < 4.78 is 5.17. The summed E-state index contributed by atoms with van der Waals surface area (Å²) in [5, 5.41) is 17.2. The van der Waals surface area contributed by atoms with Gasteiger partial charge in [0.25, 0.3) is 5.69 Å². The first-order valence-electron chi connectivity index (χ1n) is 7.08. The lowest BCUT2D eigenvalue weighted by molar-refractivity contribution is -0.384. The van der Waals surface area contributed by atoms with Crippen LogP contribution in [0.3, 0.4) is 0 Å². The molecule has 0 bridgehead atoms. The second-order valence-electron chi connectivity index (χ2n) is 5.16. The number of anilines is 3. The molecule has 0 heterocycles. The van der Waals surface area contributed by atoms with Gasteiger partial charge < -0.3 is 20.3 Å². The number of nitrogens with one attached hydrogen (secondary N) is 2. The predicted molar refractivity (Wildman–Crippen MR) is 100 cm³/mol. The molecule has 0 aliphatic carbocycles. The molecule has 0 fully saturated rings. The predicted octanol–water partition coefficient (Wildman–Crippen LogP) is 3.48. The van der Waals surface area contributed by atoms with E-state index in [2.05, 4.69) is 10.6 Å². The minimum atomic E-state index is -0.477. The Morgan fingerprint density at radius 1 is 1.17 bits per heavy atom. The van der Waals surface area contributed by atoms with Crippen molar-refractivity contribution < 1.29 is 9.66 Å². The molecule has 0 aliphatic rings. The maximum atomic E-state index is 10.8. The third-order valence-corrected chi connectivity index (χ3v) is 3.49. The molecule has 0 amide bonds. The van der Waals surface area contributed by atoms with Crippen molar-refractivity contribution in [2.24, 2.45) is 0 Å². The third-order valence-electron chi connectivity index (χ3n) is 3.29. The Morgan fingerprint density at radius 3 is 2.38 bits per heavy atom. The highest BCUT2D eigenvalue weighted by molar-refractivity contribution is 7.80. The van der Waals surface area contributed by atoms with Gasteiger partial charge in [0.15, 0.2) is 5.11 Å². The summed E-state index contributed by atoms with van der Waals surface area (Å²) >= 11 is 5.27. The van der Waals surface area contributed by atoms with Crippen molar-refractivity contribution in [2.75, 3.05) is 36.7 Å². The van der Waals surface area contributed by atoms with Crippen LogP contribution in [0.1, 0.15) is 0 Å². The van der Waals surface area contributed by atoms with Crippen LogP contribution in [0.5, 0.6) is 5.75 Å². The van der Waals surface area contributed by atoms with Crippen molar-refractivity contribution >= 4 is 40.1 Å². The largest absolute Gasteiger partial charge is 0.494 e. The first-order chi connectivity index (χ1) is 11.4. The number of non-ortho nitro benzene ring substituents is 1. The average molecular weight is 346 g/mol. The molecule has 2 aromatic rings. The smallest absolute Gasteiger partial charge is 0.273 e. The molecule has 0 spiro atoms. The summed E-state index contributed by atoms with van der Waals surface area (Å²) in [4.78, 5) is 12.3. The van der Waals surface area contributed by atoms with Gasteiger partial charge >= 0.3 is 0 Å². The van der Waals surface area contributed by atoms with Gasteiger partial charge in [-0.1, -0.05) is 0 Å². The third kappa shape index (κ3) is 4.32. The van der Waals surface area contributed by atoms with Crippen LogP contribution in [-0.2, 0) is 0 Å². The summed E-state index contributed by atoms with van der Waals surface area (Å²) in [6.45, 7) is 0. The number of benzene rings is 2. The molecular weight excluding hydrogens is 328 g/mol. The van der Waals surface area contributed by atoms with E-state index in [0.29, 0.717) is 16.5 Å². The molecule has 126 valence electrons. The van der Waals surface area contributed by atoms with E-state index in [0.717, 1.165) is 11.4 Å². The van der Waals surface area contributed by atoms with Gasteiger partial charge in [0.05, 0.1) is 23.8 Å². The molecular formula is C16H18N4O3S. The van der Waals surface area contributed by atoms with E-state index < -0.39 is 4.92 Å². The highest BCUT2D eigenvalue weighted by Gasteiger charge is 2.12. The Bertz CT molecular complexity index is 747. The average Bonchev–Trinajstić information content (AvgIpc) is 2.55. The number of hydrogen-bond acceptors (Lipinski definition) is 5. The number of nitro benzene ring substituents is 1. The van der Waals surface area contributed by atoms with Crippen LogP contribution >= 0.6 is 12.2 Å². The lowest BCUT2D eigenvalue weighted by Crippen LogP contribution is -2.19. The number of thiocarbonyl (C=S) groups is 1. The van der Waals surface area contributed by atoms with Crippen molar-refractivity contribution in [3.05, 3.63) is 52.6 Å². The van der Waals surface area contributed by atoms with Gasteiger partial charge in [0.1, 0.15) is 5.75 Å². The minimum Gasteiger partial charge on any atom is -0.494 e. The maximum absolute atomic E-state index is 10.8. The van der Waals surface area contributed by atoms with Gasteiger partial charge in [0, 0.05) is 31.5 Å². The van der Waals surface area contributed by atoms with Gasteiger partial charge in [-0.15, -0.1) is 0 Å². The van der Waals surface area contributed by atoms with E-state index in [9.17, 15) is 10.1 Å². The molecule has 2 aromatic carbocycles. The molecule has 2 rings (SSSR count). The van der Waals surface area contributed by atoms with Crippen LogP contribution < -0.4 is 20.3 Å². The van der Waals surface area contributed by atoms with Crippen molar-refractivity contribution in [2.45, 2.75) is 0 Å². The Morgan fingerprint density at radius 2 is 1.83 bits per heavy atom. The van der Waals surface area contributed by atoms with Crippen molar-refractivity contribution in [3.8, 4) is 5.75 Å². The first-order valence-corrected chi connectivity index (χ1v) is 7.49. The number of nitrogens with zero attached hydrogens (tertiary/aromatic N) is 2. The number of methoxy groups -OCH3 is 1. The SMILES string of the molecule is COc1cc([N+](=O)[O-])ccc1NC(=S)Nc1ccc(N(C)C)cc1. The molecule has 8 heteroatoms. The van der Waals surface area contributed by atoms with Gasteiger partial charge in [-0.05, 0) is 42.5 Å². The quantitative estimate of drug-likeness (QED) is 0.487. The molecule has 0 unspecified atom stereocenters. The van der Waals surface area contributed by atoms with Crippen molar-refractivity contribution in [1.29, 1.82) is 0 Å².